The SMILES string of the molecule is CCOC(=O)N1CCC(NS(=O)(=O)c2ccc(N)c3ccccc23)C(C)C1. The molecule has 7 nitrogen and oxygen atoms in total. The van der Waals surface area contributed by atoms with Crippen molar-refractivity contribution in [2.75, 3.05) is 25.4 Å². The molecule has 146 valence electrons. The van der Waals surface area contributed by atoms with Crippen LogP contribution in [0.4, 0.5) is 10.5 Å². The van der Waals surface area contributed by atoms with Gasteiger partial charge in [-0.05, 0) is 31.4 Å². The lowest BCUT2D eigenvalue weighted by Crippen LogP contribution is -2.51. The number of nitrogens with two attached hydrogens (primary N) is 1. The first-order valence-corrected chi connectivity index (χ1v) is 10.5. The molecule has 2 aromatic rings. The minimum Gasteiger partial charge on any atom is -0.450 e. The number of nitrogens with one attached hydrogen (secondary N) is 1. The summed E-state index contributed by atoms with van der Waals surface area (Å²) in [5.41, 5.74) is 6.52. The number of likely N-dealkylation sites (tertiary alicyclic amines) is 1. The second-order valence-corrected chi connectivity index (χ2v) is 8.52. The molecule has 0 aliphatic carbocycles. The first-order chi connectivity index (χ1) is 12.8. The normalized spacial score (nSPS) is 20.6. The molecular formula is C19H25N3O4S. The average molecular weight is 391 g/mol. The van der Waals surface area contributed by atoms with Crippen molar-refractivity contribution in [1.82, 2.24) is 9.62 Å². The second kappa shape index (κ2) is 7.74. The summed E-state index contributed by atoms with van der Waals surface area (Å²) in [6.45, 7) is 4.93. The van der Waals surface area contributed by atoms with Gasteiger partial charge in [0.2, 0.25) is 10.0 Å². The van der Waals surface area contributed by atoms with E-state index in [2.05, 4.69) is 4.72 Å². The molecule has 2 aromatic carbocycles. The number of fused-ring (bicyclic) bond motifs is 1. The Morgan fingerprint density at radius 1 is 1.26 bits per heavy atom. The number of rotatable bonds is 4. The van der Waals surface area contributed by atoms with E-state index in [9.17, 15) is 13.2 Å². The molecule has 0 spiro atoms. The van der Waals surface area contributed by atoms with Crippen molar-refractivity contribution < 1.29 is 17.9 Å². The number of piperidine rings is 1. The molecule has 1 aliphatic heterocycles. The summed E-state index contributed by atoms with van der Waals surface area (Å²) in [6, 6.07) is 10.1. The molecule has 2 atom stereocenters. The van der Waals surface area contributed by atoms with E-state index in [4.69, 9.17) is 10.5 Å². The van der Waals surface area contributed by atoms with Crippen LogP contribution in [0.2, 0.25) is 0 Å². The lowest BCUT2D eigenvalue weighted by molar-refractivity contribution is 0.0846. The maximum absolute atomic E-state index is 13.0. The van der Waals surface area contributed by atoms with Gasteiger partial charge in [0.1, 0.15) is 0 Å². The number of carbonyl (C=O) groups is 1. The zero-order valence-corrected chi connectivity index (χ0v) is 16.3. The van der Waals surface area contributed by atoms with E-state index in [0.29, 0.717) is 42.6 Å². The Morgan fingerprint density at radius 3 is 2.63 bits per heavy atom. The van der Waals surface area contributed by atoms with E-state index in [1.807, 2.05) is 19.1 Å². The lowest BCUT2D eigenvalue weighted by atomic mass is 9.95. The van der Waals surface area contributed by atoms with Crippen LogP contribution in [0, 0.1) is 5.92 Å². The monoisotopic (exact) mass is 391 g/mol. The van der Waals surface area contributed by atoms with Crippen molar-refractivity contribution in [3.63, 3.8) is 0 Å². The van der Waals surface area contributed by atoms with Crippen LogP contribution >= 0.6 is 0 Å². The van der Waals surface area contributed by atoms with Crippen LogP contribution in [0.25, 0.3) is 10.8 Å². The third-order valence-corrected chi connectivity index (χ3v) is 6.49. The van der Waals surface area contributed by atoms with E-state index >= 15 is 0 Å². The number of sulfonamides is 1. The van der Waals surface area contributed by atoms with Gasteiger partial charge in [-0.15, -0.1) is 0 Å². The highest BCUT2D eigenvalue weighted by Gasteiger charge is 2.32. The summed E-state index contributed by atoms with van der Waals surface area (Å²) < 4.78 is 33.9. The van der Waals surface area contributed by atoms with Crippen LogP contribution in [-0.2, 0) is 14.8 Å². The van der Waals surface area contributed by atoms with Crippen molar-refractivity contribution in [3.8, 4) is 0 Å². The van der Waals surface area contributed by atoms with E-state index < -0.39 is 10.0 Å². The topological polar surface area (TPSA) is 102 Å². The Balaban J connectivity index is 1.80. The standard InChI is InChI=1S/C19H25N3O4S/c1-3-26-19(23)22-11-10-17(13(2)12-22)21-27(24,25)18-9-8-16(20)14-6-4-5-7-15(14)18/h4-9,13,17,21H,3,10-12,20H2,1-2H3. The molecule has 0 bridgehead atoms. The third-order valence-electron chi connectivity index (χ3n) is 4.95. The number of amides is 1. The zero-order valence-electron chi connectivity index (χ0n) is 15.5. The molecule has 3 N–H and O–H groups in total. The Labute approximate surface area is 159 Å². The lowest BCUT2D eigenvalue weighted by Gasteiger charge is -2.36. The average Bonchev–Trinajstić information content (AvgIpc) is 2.63. The minimum absolute atomic E-state index is 0.0297. The molecule has 1 aliphatic rings. The fraction of sp³-hybridized carbons (Fsp3) is 0.421. The predicted octanol–water partition coefficient (Wildman–Crippen LogP) is 2.57. The fourth-order valence-electron chi connectivity index (χ4n) is 3.49. The molecule has 1 amide bonds. The van der Waals surface area contributed by atoms with Crippen molar-refractivity contribution in [2.24, 2.45) is 5.92 Å². The smallest absolute Gasteiger partial charge is 0.409 e. The summed E-state index contributed by atoms with van der Waals surface area (Å²) in [4.78, 5) is 13.7. The number of hydrogen-bond acceptors (Lipinski definition) is 5. The predicted molar refractivity (Wildman–Crippen MR) is 105 cm³/mol. The van der Waals surface area contributed by atoms with Gasteiger partial charge in [0.15, 0.2) is 0 Å². The van der Waals surface area contributed by atoms with Gasteiger partial charge in [0.25, 0.3) is 0 Å². The molecule has 27 heavy (non-hydrogen) atoms. The van der Waals surface area contributed by atoms with Gasteiger partial charge in [-0.1, -0.05) is 31.2 Å². The van der Waals surface area contributed by atoms with E-state index in [0.717, 1.165) is 0 Å². The van der Waals surface area contributed by atoms with Gasteiger partial charge >= 0.3 is 6.09 Å². The Kier molecular flexibility index (Phi) is 5.57. The molecule has 2 unspecified atom stereocenters. The number of nitrogens with zero attached hydrogens (tertiary/aromatic N) is 1. The van der Waals surface area contributed by atoms with E-state index in [1.54, 1.807) is 36.1 Å². The van der Waals surface area contributed by atoms with Gasteiger partial charge in [0.05, 0.1) is 11.5 Å². The number of ether oxygens (including phenoxy) is 1. The minimum atomic E-state index is -3.72. The Bertz CT molecular complexity index is 945. The quantitative estimate of drug-likeness (QED) is 0.780. The van der Waals surface area contributed by atoms with Crippen molar-refractivity contribution in [3.05, 3.63) is 36.4 Å². The first-order valence-electron chi connectivity index (χ1n) is 9.04. The summed E-state index contributed by atoms with van der Waals surface area (Å²) >= 11 is 0. The molecule has 0 saturated carbocycles. The molecule has 0 aromatic heterocycles. The van der Waals surface area contributed by atoms with Gasteiger partial charge in [-0.3, -0.25) is 0 Å². The van der Waals surface area contributed by atoms with Gasteiger partial charge < -0.3 is 15.4 Å². The maximum atomic E-state index is 13.0. The molecule has 1 fully saturated rings. The third kappa shape index (κ3) is 4.01. The van der Waals surface area contributed by atoms with Crippen molar-refractivity contribution in [2.45, 2.75) is 31.2 Å². The largest absolute Gasteiger partial charge is 0.450 e. The number of anilines is 1. The maximum Gasteiger partial charge on any atom is 0.409 e. The first kappa shape index (κ1) is 19.4. The summed E-state index contributed by atoms with van der Waals surface area (Å²) in [5, 5.41) is 1.31. The molecule has 1 heterocycles. The van der Waals surface area contributed by atoms with Gasteiger partial charge in [-0.2, -0.15) is 0 Å². The summed E-state index contributed by atoms with van der Waals surface area (Å²) in [5.74, 6) is -0.0297. The highest BCUT2D eigenvalue weighted by atomic mass is 32.2. The van der Waals surface area contributed by atoms with Gasteiger partial charge in [0, 0.05) is 35.6 Å². The molecular weight excluding hydrogens is 366 g/mol. The van der Waals surface area contributed by atoms with E-state index in [1.165, 1.54) is 0 Å². The zero-order chi connectivity index (χ0) is 19.6. The van der Waals surface area contributed by atoms with Crippen LogP contribution in [0.1, 0.15) is 20.3 Å². The number of benzene rings is 2. The number of carbonyl (C=O) groups excluding carboxylic acids is 1. The van der Waals surface area contributed by atoms with Crippen LogP contribution in [0.3, 0.4) is 0 Å². The van der Waals surface area contributed by atoms with Crippen molar-refractivity contribution in [1.29, 1.82) is 0 Å². The highest BCUT2D eigenvalue weighted by molar-refractivity contribution is 7.89. The number of nitrogen functional groups attached to an aromatic ring is 1. The van der Waals surface area contributed by atoms with Crippen LogP contribution in [-0.4, -0.2) is 45.1 Å². The van der Waals surface area contributed by atoms with Gasteiger partial charge in [-0.25, -0.2) is 17.9 Å². The Hall–Kier alpha value is -2.32. The summed E-state index contributed by atoms with van der Waals surface area (Å²) in [6.07, 6.45) is 0.182. The van der Waals surface area contributed by atoms with Crippen molar-refractivity contribution >= 4 is 32.6 Å². The summed E-state index contributed by atoms with van der Waals surface area (Å²) in [7, 11) is -3.72. The second-order valence-electron chi connectivity index (χ2n) is 6.84. The molecule has 8 heteroatoms. The fourth-order valence-corrected chi connectivity index (χ4v) is 5.08. The molecule has 3 rings (SSSR count). The van der Waals surface area contributed by atoms with Crippen LogP contribution in [0.5, 0.6) is 0 Å². The number of hydrogen-bond donors (Lipinski definition) is 2. The van der Waals surface area contributed by atoms with Crippen LogP contribution < -0.4 is 10.5 Å². The molecule has 0 radical (unpaired) electrons. The van der Waals surface area contributed by atoms with E-state index in [-0.39, 0.29) is 22.9 Å². The molecule has 1 saturated heterocycles. The Morgan fingerprint density at radius 2 is 1.96 bits per heavy atom. The van der Waals surface area contributed by atoms with Crippen LogP contribution in [0.15, 0.2) is 41.3 Å². The highest BCUT2D eigenvalue weighted by Crippen LogP contribution is 2.28.